The second kappa shape index (κ2) is 6.26. The van der Waals surface area contributed by atoms with Gasteiger partial charge < -0.3 is 0 Å². The average molecular weight is 301 g/mol. The predicted octanol–water partition coefficient (Wildman–Crippen LogP) is 3.50. The molecular formula is C14H12ClF3N2. The normalized spacial score (nSPS) is 12.4. The number of hydrogen-bond acceptors (Lipinski definition) is 2. The van der Waals surface area contributed by atoms with E-state index in [1.165, 1.54) is 18.2 Å². The molecule has 0 heterocycles. The maximum Gasteiger partial charge on any atom is 0.128 e. The number of benzene rings is 2. The lowest BCUT2D eigenvalue weighted by Gasteiger charge is -2.18. The fraction of sp³-hybridized carbons (Fsp3) is 0.143. The van der Waals surface area contributed by atoms with Gasteiger partial charge in [-0.2, -0.15) is 0 Å². The second-order valence-corrected chi connectivity index (χ2v) is 4.76. The van der Waals surface area contributed by atoms with Crippen molar-refractivity contribution in [3.8, 4) is 0 Å². The maximum absolute atomic E-state index is 13.8. The van der Waals surface area contributed by atoms with E-state index < -0.39 is 23.5 Å². The molecule has 1 unspecified atom stereocenters. The number of rotatable bonds is 4. The number of hydrogen-bond donors (Lipinski definition) is 2. The van der Waals surface area contributed by atoms with E-state index in [0.717, 1.165) is 18.2 Å². The first kappa shape index (κ1) is 14.8. The summed E-state index contributed by atoms with van der Waals surface area (Å²) in [6.07, 6.45) is -0.00262. The maximum atomic E-state index is 13.8. The Morgan fingerprint density at radius 3 is 2.45 bits per heavy atom. The summed E-state index contributed by atoms with van der Waals surface area (Å²) in [6.45, 7) is 0. The predicted molar refractivity (Wildman–Crippen MR) is 71.5 cm³/mol. The highest BCUT2D eigenvalue weighted by Gasteiger charge is 2.17. The smallest absolute Gasteiger partial charge is 0.128 e. The summed E-state index contributed by atoms with van der Waals surface area (Å²) in [6, 6.07) is 6.38. The molecule has 0 saturated carbocycles. The first-order chi connectivity index (χ1) is 9.51. The summed E-state index contributed by atoms with van der Waals surface area (Å²) in [5.41, 5.74) is 2.70. The van der Waals surface area contributed by atoms with Crippen LogP contribution in [0.1, 0.15) is 17.2 Å². The minimum Gasteiger partial charge on any atom is -0.271 e. The van der Waals surface area contributed by atoms with E-state index in [0.29, 0.717) is 5.02 Å². The third-order valence-electron chi connectivity index (χ3n) is 2.97. The van der Waals surface area contributed by atoms with Gasteiger partial charge in [-0.05, 0) is 48.4 Å². The van der Waals surface area contributed by atoms with Crippen LogP contribution in [-0.2, 0) is 6.42 Å². The number of halogens is 4. The highest BCUT2D eigenvalue weighted by Crippen LogP contribution is 2.25. The summed E-state index contributed by atoms with van der Waals surface area (Å²) in [5, 5.41) is 0.335. The zero-order chi connectivity index (χ0) is 14.7. The van der Waals surface area contributed by atoms with Gasteiger partial charge in [-0.15, -0.1) is 0 Å². The van der Waals surface area contributed by atoms with Gasteiger partial charge in [-0.25, -0.2) is 13.2 Å². The van der Waals surface area contributed by atoms with Crippen molar-refractivity contribution in [1.29, 1.82) is 0 Å². The van der Waals surface area contributed by atoms with Crippen LogP contribution in [0.2, 0.25) is 5.02 Å². The lowest BCUT2D eigenvalue weighted by atomic mass is 9.98. The molecule has 0 fully saturated rings. The topological polar surface area (TPSA) is 38.0 Å². The molecule has 0 aliphatic heterocycles. The van der Waals surface area contributed by atoms with Crippen molar-refractivity contribution in [2.45, 2.75) is 12.5 Å². The molecule has 6 heteroatoms. The Morgan fingerprint density at radius 2 is 1.75 bits per heavy atom. The molecule has 0 amide bonds. The minimum atomic E-state index is -0.718. The molecule has 20 heavy (non-hydrogen) atoms. The molecule has 2 nitrogen and oxygen atoms in total. The van der Waals surface area contributed by atoms with Crippen molar-refractivity contribution in [2.75, 3.05) is 0 Å². The van der Waals surface area contributed by atoms with Crippen LogP contribution in [0.4, 0.5) is 13.2 Å². The fourth-order valence-electron chi connectivity index (χ4n) is 1.96. The van der Waals surface area contributed by atoms with E-state index in [1.807, 2.05) is 0 Å². The van der Waals surface area contributed by atoms with Gasteiger partial charge >= 0.3 is 0 Å². The van der Waals surface area contributed by atoms with Crippen molar-refractivity contribution in [2.24, 2.45) is 5.84 Å². The monoisotopic (exact) mass is 300 g/mol. The summed E-state index contributed by atoms with van der Waals surface area (Å²) < 4.78 is 40.5. The summed E-state index contributed by atoms with van der Waals surface area (Å²) >= 11 is 5.81. The van der Waals surface area contributed by atoms with Crippen LogP contribution in [0.15, 0.2) is 36.4 Å². The summed E-state index contributed by atoms with van der Waals surface area (Å²) in [7, 11) is 0. The lowest BCUT2D eigenvalue weighted by molar-refractivity contribution is 0.496. The van der Waals surface area contributed by atoms with Gasteiger partial charge in [-0.1, -0.05) is 11.6 Å². The molecule has 1 atom stereocenters. The zero-order valence-electron chi connectivity index (χ0n) is 10.3. The van der Waals surface area contributed by atoms with Gasteiger partial charge in [0.15, 0.2) is 0 Å². The van der Waals surface area contributed by atoms with Crippen LogP contribution in [-0.4, -0.2) is 0 Å². The van der Waals surface area contributed by atoms with Crippen LogP contribution >= 0.6 is 11.6 Å². The molecule has 3 N–H and O–H groups in total. The molecule has 0 spiro atoms. The Morgan fingerprint density at radius 1 is 1.05 bits per heavy atom. The second-order valence-electron chi connectivity index (χ2n) is 4.32. The number of nitrogens with two attached hydrogens (primary N) is 1. The summed E-state index contributed by atoms with van der Waals surface area (Å²) in [4.78, 5) is 0. The molecule has 0 saturated heterocycles. The van der Waals surface area contributed by atoms with Crippen LogP contribution < -0.4 is 11.3 Å². The standard InChI is InChI=1S/C14H12ClF3N2/c15-9-1-3-13(18)11(7-9)14(20-19)6-8-5-10(16)2-4-12(8)17/h1-5,7,14,20H,6,19H2. The van der Waals surface area contributed by atoms with Gasteiger partial charge in [-0.3, -0.25) is 11.3 Å². The quantitative estimate of drug-likeness (QED) is 0.670. The number of nitrogens with one attached hydrogen (secondary N) is 1. The van der Waals surface area contributed by atoms with Crippen LogP contribution in [0, 0.1) is 17.5 Å². The first-order valence-corrected chi connectivity index (χ1v) is 6.24. The summed E-state index contributed by atoms with van der Waals surface area (Å²) in [5.74, 6) is 3.72. The molecule has 0 aromatic heterocycles. The van der Waals surface area contributed by atoms with E-state index in [4.69, 9.17) is 17.4 Å². The molecule has 106 valence electrons. The Labute approximate surface area is 119 Å². The Kier molecular flexibility index (Phi) is 4.65. The van der Waals surface area contributed by atoms with Gasteiger partial charge in [0.05, 0.1) is 6.04 Å². The highest BCUT2D eigenvalue weighted by molar-refractivity contribution is 6.30. The molecule has 2 rings (SSSR count). The highest BCUT2D eigenvalue weighted by atomic mass is 35.5. The molecule has 2 aromatic carbocycles. The minimum absolute atomic E-state index is 0.00262. The molecule has 2 aromatic rings. The van der Waals surface area contributed by atoms with Crippen LogP contribution in [0.5, 0.6) is 0 Å². The fourth-order valence-corrected chi connectivity index (χ4v) is 2.14. The van der Waals surface area contributed by atoms with E-state index in [-0.39, 0.29) is 17.5 Å². The van der Waals surface area contributed by atoms with Crippen molar-refractivity contribution in [1.82, 2.24) is 5.43 Å². The molecule has 0 radical (unpaired) electrons. The van der Waals surface area contributed by atoms with Gasteiger partial charge in [0, 0.05) is 10.6 Å². The van der Waals surface area contributed by atoms with E-state index in [2.05, 4.69) is 5.43 Å². The SMILES string of the molecule is NNC(Cc1cc(F)ccc1F)c1cc(Cl)ccc1F. The van der Waals surface area contributed by atoms with E-state index in [9.17, 15) is 13.2 Å². The van der Waals surface area contributed by atoms with Gasteiger partial charge in [0.25, 0.3) is 0 Å². The van der Waals surface area contributed by atoms with Crippen molar-refractivity contribution < 1.29 is 13.2 Å². The van der Waals surface area contributed by atoms with Crippen molar-refractivity contribution in [3.05, 3.63) is 70.0 Å². The Bertz CT molecular complexity index is 619. The molecule has 0 aliphatic carbocycles. The van der Waals surface area contributed by atoms with Gasteiger partial charge in [0.1, 0.15) is 17.5 Å². The van der Waals surface area contributed by atoms with Crippen molar-refractivity contribution in [3.63, 3.8) is 0 Å². The average Bonchev–Trinajstić information content (AvgIpc) is 2.42. The van der Waals surface area contributed by atoms with Crippen LogP contribution in [0.25, 0.3) is 0 Å². The Hall–Kier alpha value is -1.56. The zero-order valence-corrected chi connectivity index (χ0v) is 11.1. The van der Waals surface area contributed by atoms with E-state index >= 15 is 0 Å². The lowest BCUT2D eigenvalue weighted by Crippen LogP contribution is -2.30. The molecule has 0 bridgehead atoms. The first-order valence-electron chi connectivity index (χ1n) is 5.86. The van der Waals surface area contributed by atoms with Gasteiger partial charge in [0.2, 0.25) is 0 Å². The van der Waals surface area contributed by atoms with Crippen LogP contribution in [0.3, 0.4) is 0 Å². The third-order valence-corrected chi connectivity index (χ3v) is 3.20. The van der Waals surface area contributed by atoms with E-state index in [1.54, 1.807) is 0 Å². The number of hydrazine groups is 1. The third kappa shape index (κ3) is 3.30. The molecular weight excluding hydrogens is 289 g/mol. The largest absolute Gasteiger partial charge is 0.271 e. The van der Waals surface area contributed by atoms with Crippen molar-refractivity contribution >= 4 is 11.6 Å². The Balaban J connectivity index is 2.33. The molecule has 0 aliphatic rings.